The SMILES string of the molecule is O=S(Cc1ccncc1)CC1CCNC1. The molecule has 2 atom stereocenters. The maximum absolute atomic E-state index is 11.8. The van der Waals surface area contributed by atoms with Crippen LogP contribution in [0.5, 0.6) is 0 Å². The molecule has 1 fully saturated rings. The van der Waals surface area contributed by atoms with Gasteiger partial charge in [0.2, 0.25) is 0 Å². The van der Waals surface area contributed by atoms with E-state index in [4.69, 9.17) is 0 Å². The predicted octanol–water partition coefficient (Wildman–Crippen LogP) is 0.940. The van der Waals surface area contributed by atoms with Crippen molar-refractivity contribution in [3.05, 3.63) is 30.1 Å². The molecule has 0 amide bonds. The molecule has 0 bridgehead atoms. The molecule has 1 saturated heterocycles. The Labute approximate surface area is 92.8 Å². The van der Waals surface area contributed by atoms with Gasteiger partial charge in [-0.2, -0.15) is 0 Å². The second-order valence-corrected chi connectivity index (χ2v) is 5.47. The van der Waals surface area contributed by atoms with E-state index in [1.165, 1.54) is 6.42 Å². The van der Waals surface area contributed by atoms with Crippen molar-refractivity contribution in [2.24, 2.45) is 5.92 Å². The van der Waals surface area contributed by atoms with Crippen LogP contribution in [-0.4, -0.2) is 28.0 Å². The number of rotatable bonds is 4. The van der Waals surface area contributed by atoms with Crippen molar-refractivity contribution in [2.75, 3.05) is 18.8 Å². The number of aromatic nitrogens is 1. The fourth-order valence-electron chi connectivity index (χ4n) is 1.84. The average molecular weight is 224 g/mol. The fraction of sp³-hybridized carbons (Fsp3) is 0.545. The molecule has 1 aliphatic rings. The van der Waals surface area contributed by atoms with Crippen molar-refractivity contribution < 1.29 is 4.21 Å². The largest absolute Gasteiger partial charge is 0.316 e. The molecule has 2 rings (SSSR count). The summed E-state index contributed by atoms with van der Waals surface area (Å²) >= 11 is 0. The summed E-state index contributed by atoms with van der Waals surface area (Å²) in [6.07, 6.45) is 4.68. The highest BCUT2D eigenvalue weighted by Crippen LogP contribution is 2.11. The zero-order valence-corrected chi connectivity index (χ0v) is 9.50. The Kier molecular flexibility index (Phi) is 3.86. The van der Waals surface area contributed by atoms with Gasteiger partial charge in [0.25, 0.3) is 0 Å². The number of hydrogen-bond acceptors (Lipinski definition) is 3. The second kappa shape index (κ2) is 5.37. The highest BCUT2D eigenvalue weighted by molar-refractivity contribution is 7.84. The van der Waals surface area contributed by atoms with E-state index < -0.39 is 10.8 Å². The van der Waals surface area contributed by atoms with Gasteiger partial charge in [-0.25, -0.2) is 0 Å². The molecule has 2 heterocycles. The molecule has 0 aliphatic carbocycles. The molecular formula is C11H16N2OS. The lowest BCUT2D eigenvalue weighted by molar-refractivity contribution is 0.632. The Bertz CT molecular complexity index is 323. The standard InChI is InChI=1S/C11H16N2OS/c14-15(9-11-3-6-13-7-11)8-10-1-4-12-5-2-10/h1-2,4-5,11,13H,3,6-9H2. The maximum Gasteiger partial charge on any atom is 0.0486 e. The van der Waals surface area contributed by atoms with Crippen LogP contribution in [0.3, 0.4) is 0 Å². The van der Waals surface area contributed by atoms with Gasteiger partial charge >= 0.3 is 0 Å². The molecule has 1 aromatic heterocycles. The highest BCUT2D eigenvalue weighted by Gasteiger charge is 2.17. The number of nitrogens with zero attached hydrogens (tertiary/aromatic N) is 1. The van der Waals surface area contributed by atoms with E-state index in [0.717, 1.165) is 24.4 Å². The fourth-order valence-corrected chi connectivity index (χ4v) is 3.34. The summed E-state index contributed by atoms with van der Waals surface area (Å²) in [6.45, 7) is 2.11. The molecule has 0 aromatic carbocycles. The monoisotopic (exact) mass is 224 g/mol. The molecular weight excluding hydrogens is 208 g/mol. The summed E-state index contributed by atoms with van der Waals surface area (Å²) in [6, 6.07) is 3.87. The van der Waals surface area contributed by atoms with Gasteiger partial charge in [-0.1, -0.05) is 0 Å². The summed E-state index contributed by atoms with van der Waals surface area (Å²) in [7, 11) is -0.729. The molecule has 15 heavy (non-hydrogen) atoms. The van der Waals surface area contributed by atoms with E-state index in [1.807, 2.05) is 12.1 Å². The molecule has 0 radical (unpaired) electrons. The zero-order chi connectivity index (χ0) is 10.5. The quantitative estimate of drug-likeness (QED) is 0.827. The van der Waals surface area contributed by atoms with Gasteiger partial charge in [-0.15, -0.1) is 0 Å². The van der Waals surface area contributed by atoms with Gasteiger partial charge in [0.05, 0.1) is 0 Å². The van der Waals surface area contributed by atoms with Crippen LogP contribution >= 0.6 is 0 Å². The lowest BCUT2D eigenvalue weighted by atomic mass is 10.2. The van der Waals surface area contributed by atoms with Gasteiger partial charge < -0.3 is 5.32 Å². The molecule has 3 nitrogen and oxygen atoms in total. The Morgan fingerprint density at radius 3 is 2.93 bits per heavy atom. The van der Waals surface area contributed by atoms with E-state index in [9.17, 15) is 4.21 Å². The lowest BCUT2D eigenvalue weighted by Crippen LogP contribution is -2.15. The molecule has 1 N–H and O–H groups in total. The normalized spacial score (nSPS) is 22.8. The summed E-state index contributed by atoms with van der Waals surface area (Å²) in [5.74, 6) is 2.10. The average Bonchev–Trinajstić information content (AvgIpc) is 2.71. The molecule has 0 spiro atoms. The summed E-state index contributed by atoms with van der Waals surface area (Å²) < 4.78 is 11.8. The van der Waals surface area contributed by atoms with Crippen LogP contribution in [0.15, 0.2) is 24.5 Å². The van der Waals surface area contributed by atoms with Crippen LogP contribution in [0, 0.1) is 5.92 Å². The summed E-state index contributed by atoms with van der Waals surface area (Å²) in [4.78, 5) is 3.95. The molecule has 2 unspecified atom stereocenters. The Balaban J connectivity index is 1.82. The molecule has 82 valence electrons. The van der Waals surface area contributed by atoms with Gasteiger partial charge in [0.15, 0.2) is 0 Å². The first-order valence-electron chi connectivity index (χ1n) is 5.29. The van der Waals surface area contributed by atoms with Crippen molar-refractivity contribution in [3.8, 4) is 0 Å². The molecule has 1 aliphatic heterocycles. The van der Waals surface area contributed by atoms with Gasteiger partial charge in [-0.05, 0) is 43.1 Å². The third kappa shape index (κ3) is 3.39. The number of pyridine rings is 1. The van der Waals surface area contributed by atoms with Crippen molar-refractivity contribution in [1.29, 1.82) is 0 Å². The van der Waals surface area contributed by atoms with Crippen LogP contribution in [0.2, 0.25) is 0 Å². The third-order valence-corrected chi connectivity index (χ3v) is 4.16. The molecule has 4 heteroatoms. The third-order valence-electron chi connectivity index (χ3n) is 2.66. The highest BCUT2D eigenvalue weighted by atomic mass is 32.2. The van der Waals surface area contributed by atoms with Gasteiger partial charge in [0, 0.05) is 34.7 Å². The second-order valence-electron chi connectivity index (χ2n) is 3.97. The predicted molar refractivity (Wildman–Crippen MR) is 61.9 cm³/mol. The maximum atomic E-state index is 11.8. The van der Waals surface area contributed by atoms with Crippen LogP contribution in [0.4, 0.5) is 0 Å². The van der Waals surface area contributed by atoms with Crippen LogP contribution < -0.4 is 5.32 Å². The lowest BCUT2D eigenvalue weighted by Gasteiger charge is -2.07. The number of hydrogen-bond donors (Lipinski definition) is 1. The van der Waals surface area contributed by atoms with E-state index in [-0.39, 0.29) is 0 Å². The molecule has 0 saturated carbocycles. The van der Waals surface area contributed by atoms with E-state index in [2.05, 4.69) is 10.3 Å². The summed E-state index contributed by atoms with van der Waals surface area (Å²) in [5, 5.41) is 3.30. The first-order valence-corrected chi connectivity index (χ1v) is 6.78. The van der Waals surface area contributed by atoms with Crippen LogP contribution in [0.1, 0.15) is 12.0 Å². The summed E-state index contributed by atoms with van der Waals surface area (Å²) in [5.41, 5.74) is 1.12. The van der Waals surface area contributed by atoms with Crippen molar-refractivity contribution in [1.82, 2.24) is 10.3 Å². The topological polar surface area (TPSA) is 42.0 Å². The smallest absolute Gasteiger partial charge is 0.0486 e. The minimum Gasteiger partial charge on any atom is -0.316 e. The molecule has 1 aromatic rings. The van der Waals surface area contributed by atoms with Gasteiger partial charge in [-0.3, -0.25) is 9.19 Å². The minimum absolute atomic E-state index is 0.604. The van der Waals surface area contributed by atoms with E-state index >= 15 is 0 Å². The van der Waals surface area contributed by atoms with Gasteiger partial charge in [0.1, 0.15) is 0 Å². The van der Waals surface area contributed by atoms with Crippen LogP contribution in [0.25, 0.3) is 0 Å². The first kappa shape index (κ1) is 10.8. The van der Waals surface area contributed by atoms with Crippen molar-refractivity contribution in [3.63, 3.8) is 0 Å². The minimum atomic E-state index is -0.729. The Morgan fingerprint density at radius 1 is 1.47 bits per heavy atom. The van der Waals surface area contributed by atoms with E-state index in [0.29, 0.717) is 11.7 Å². The van der Waals surface area contributed by atoms with Crippen molar-refractivity contribution >= 4 is 10.8 Å². The number of nitrogens with one attached hydrogen (secondary N) is 1. The van der Waals surface area contributed by atoms with Crippen molar-refractivity contribution in [2.45, 2.75) is 12.2 Å². The van der Waals surface area contributed by atoms with E-state index in [1.54, 1.807) is 12.4 Å². The first-order chi connectivity index (χ1) is 7.34. The Morgan fingerprint density at radius 2 is 2.27 bits per heavy atom. The zero-order valence-electron chi connectivity index (χ0n) is 8.69. The van der Waals surface area contributed by atoms with Crippen LogP contribution in [-0.2, 0) is 16.6 Å². The Hall–Kier alpha value is -0.740.